The molecule has 0 saturated heterocycles. The average molecular weight is 551 g/mol. The van der Waals surface area contributed by atoms with Crippen molar-refractivity contribution in [3.8, 4) is 5.75 Å². The van der Waals surface area contributed by atoms with Crippen molar-refractivity contribution in [1.29, 1.82) is 0 Å². The molecule has 0 radical (unpaired) electrons. The maximum atomic E-state index is 13.2. The summed E-state index contributed by atoms with van der Waals surface area (Å²) in [4.78, 5) is 29.1. The number of aromatic nitrogens is 2. The van der Waals surface area contributed by atoms with Crippen LogP contribution in [-0.2, 0) is 4.79 Å². The van der Waals surface area contributed by atoms with E-state index in [9.17, 15) is 9.59 Å². The number of ether oxygens (including phenoxy) is 1. The van der Waals surface area contributed by atoms with Gasteiger partial charge in [-0.15, -0.1) is 0 Å². The SMILES string of the molecule is CC[C@@H](C)c1nc2ccc(Br)cc2c(=O)n1N=Cc1cc(Br)ccc1O[C@@H](C)C(=O)O. The van der Waals surface area contributed by atoms with Crippen molar-refractivity contribution in [3.05, 3.63) is 67.1 Å². The predicted molar refractivity (Wildman–Crippen MR) is 127 cm³/mol. The van der Waals surface area contributed by atoms with Gasteiger partial charge in [-0.25, -0.2) is 9.78 Å². The molecule has 0 saturated carbocycles. The van der Waals surface area contributed by atoms with Crippen molar-refractivity contribution in [3.63, 3.8) is 0 Å². The third-order valence-electron chi connectivity index (χ3n) is 4.82. The van der Waals surface area contributed by atoms with E-state index in [0.29, 0.717) is 28.0 Å². The van der Waals surface area contributed by atoms with Gasteiger partial charge in [0.2, 0.25) is 0 Å². The molecule has 7 nitrogen and oxygen atoms in total. The Morgan fingerprint density at radius 2 is 1.90 bits per heavy atom. The molecule has 3 rings (SSSR count). The molecule has 0 bridgehead atoms. The van der Waals surface area contributed by atoms with E-state index in [1.165, 1.54) is 17.8 Å². The quantitative estimate of drug-likeness (QED) is 0.410. The summed E-state index contributed by atoms with van der Waals surface area (Å²) in [6.45, 7) is 5.45. The van der Waals surface area contributed by atoms with E-state index in [2.05, 4.69) is 41.9 Å². The molecule has 0 unspecified atom stereocenters. The largest absolute Gasteiger partial charge is 0.479 e. The molecule has 0 aliphatic carbocycles. The third kappa shape index (κ3) is 5.22. The summed E-state index contributed by atoms with van der Waals surface area (Å²) in [5, 5.41) is 14.0. The van der Waals surface area contributed by atoms with Crippen molar-refractivity contribution in [2.24, 2.45) is 5.10 Å². The molecule has 0 aliphatic heterocycles. The van der Waals surface area contributed by atoms with Crippen molar-refractivity contribution in [2.45, 2.75) is 39.2 Å². The molecule has 0 fully saturated rings. The lowest BCUT2D eigenvalue weighted by atomic mass is 10.1. The smallest absolute Gasteiger partial charge is 0.344 e. The zero-order chi connectivity index (χ0) is 22.7. The first-order valence-electron chi connectivity index (χ1n) is 9.66. The molecule has 31 heavy (non-hydrogen) atoms. The Morgan fingerprint density at radius 1 is 1.23 bits per heavy atom. The van der Waals surface area contributed by atoms with E-state index in [1.807, 2.05) is 19.9 Å². The molecule has 0 spiro atoms. The zero-order valence-electron chi connectivity index (χ0n) is 17.2. The van der Waals surface area contributed by atoms with Gasteiger partial charge in [0.05, 0.1) is 17.1 Å². The van der Waals surface area contributed by atoms with E-state index in [0.717, 1.165) is 15.4 Å². The molecule has 1 aromatic heterocycles. The first-order chi connectivity index (χ1) is 14.7. The lowest BCUT2D eigenvalue weighted by Gasteiger charge is -2.15. The number of benzene rings is 2. The van der Waals surface area contributed by atoms with Crippen LogP contribution in [0.15, 0.2) is 55.2 Å². The first-order valence-corrected chi connectivity index (χ1v) is 11.3. The number of fused-ring (bicyclic) bond motifs is 1. The molecule has 1 N–H and O–H groups in total. The van der Waals surface area contributed by atoms with Crippen LogP contribution in [0.3, 0.4) is 0 Å². The van der Waals surface area contributed by atoms with Gasteiger partial charge in [0, 0.05) is 20.4 Å². The van der Waals surface area contributed by atoms with Crippen LogP contribution >= 0.6 is 31.9 Å². The van der Waals surface area contributed by atoms with Gasteiger partial charge in [-0.3, -0.25) is 4.79 Å². The van der Waals surface area contributed by atoms with Gasteiger partial charge >= 0.3 is 5.97 Å². The minimum Gasteiger partial charge on any atom is -0.479 e. The Balaban J connectivity index is 2.15. The second kappa shape index (κ2) is 9.74. The van der Waals surface area contributed by atoms with Gasteiger partial charge in [-0.2, -0.15) is 9.78 Å². The van der Waals surface area contributed by atoms with Crippen LogP contribution in [-0.4, -0.2) is 33.1 Å². The highest BCUT2D eigenvalue weighted by Gasteiger charge is 2.17. The van der Waals surface area contributed by atoms with Crippen molar-refractivity contribution in [1.82, 2.24) is 9.66 Å². The maximum absolute atomic E-state index is 13.2. The molecule has 162 valence electrons. The number of hydrogen-bond donors (Lipinski definition) is 1. The predicted octanol–water partition coefficient (Wildman–Crippen LogP) is 5.17. The molecule has 1 heterocycles. The highest BCUT2D eigenvalue weighted by Crippen LogP contribution is 2.24. The minimum atomic E-state index is -1.08. The molecular formula is C22H21Br2N3O4. The third-order valence-corrected chi connectivity index (χ3v) is 5.81. The number of rotatable bonds is 7. The average Bonchev–Trinajstić information content (AvgIpc) is 2.74. The monoisotopic (exact) mass is 549 g/mol. The second-order valence-electron chi connectivity index (χ2n) is 7.08. The van der Waals surface area contributed by atoms with Crippen LogP contribution in [0, 0.1) is 0 Å². The van der Waals surface area contributed by atoms with Gasteiger partial charge in [0.25, 0.3) is 5.56 Å². The van der Waals surface area contributed by atoms with Gasteiger partial charge in [0.1, 0.15) is 11.6 Å². The standard InChI is InChI=1S/C22H21Br2N3O4/c1-4-12(2)20-26-18-7-5-16(24)10-17(18)21(28)27(20)25-11-14-9-15(23)6-8-19(14)31-13(3)22(29)30/h5-13H,4H2,1-3H3,(H,29,30)/t12-,13+/m1/s1. The topological polar surface area (TPSA) is 93.8 Å². The highest BCUT2D eigenvalue weighted by atomic mass is 79.9. The number of carbonyl (C=O) groups is 1. The summed E-state index contributed by atoms with van der Waals surface area (Å²) in [6.07, 6.45) is 1.23. The van der Waals surface area contributed by atoms with E-state index in [4.69, 9.17) is 9.84 Å². The van der Waals surface area contributed by atoms with Crippen LogP contribution in [0.25, 0.3) is 10.9 Å². The van der Waals surface area contributed by atoms with Crippen LogP contribution in [0.4, 0.5) is 0 Å². The number of nitrogens with zero attached hydrogens (tertiary/aromatic N) is 3. The number of hydrogen-bond acceptors (Lipinski definition) is 5. The lowest BCUT2D eigenvalue weighted by Crippen LogP contribution is -2.24. The van der Waals surface area contributed by atoms with Crippen molar-refractivity contribution < 1.29 is 14.6 Å². The molecular weight excluding hydrogens is 530 g/mol. The van der Waals surface area contributed by atoms with Gasteiger partial charge in [-0.1, -0.05) is 45.7 Å². The molecule has 2 atom stereocenters. The molecule has 0 amide bonds. The second-order valence-corrected chi connectivity index (χ2v) is 8.91. The summed E-state index contributed by atoms with van der Waals surface area (Å²) in [5.41, 5.74) is 0.852. The summed E-state index contributed by atoms with van der Waals surface area (Å²) in [6, 6.07) is 10.5. The molecule has 0 aliphatic rings. The van der Waals surface area contributed by atoms with Crippen LogP contribution in [0.1, 0.15) is 44.5 Å². The summed E-state index contributed by atoms with van der Waals surface area (Å²) < 4.78 is 8.38. The van der Waals surface area contributed by atoms with E-state index in [-0.39, 0.29) is 11.5 Å². The first kappa shape index (κ1) is 23.1. The fourth-order valence-electron chi connectivity index (χ4n) is 2.87. The van der Waals surface area contributed by atoms with E-state index in [1.54, 1.807) is 30.3 Å². The van der Waals surface area contributed by atoms with Crippen molar-refractivity contribution >= 4 is 54.9 Å². The Morgan fingerprint density at radius 3 is 2.58 bits per heavy atom. The van der Waals surface area contributed by atoms with Gasteiger partial charge in [-0.05, 0) is 49.7 Å². The Labute approximate surface area is 196 Å². The summed E-state index contributed by atoms with van der Waals surface area (Å²) >= 11 is 6.80. The zero-order valence-corrected chi connectivity index (χ0v) is 20.3. The van der Waals surface area contributed by atoms with E-state index >= 15 is 0 Å². The van der Waals surface area contributed by atoms with Crippen LogP contribution < -0.4 is 10.3 Å². The summed E-state index contributed by atoms with van der Waals surface area (Å²) in [5.74, 6) is -0.181. The molecule has 3 aromatic rings. The van der Waals surface area contributed by atoms with Gasteiger partial charge < -0.3 is 9.84 Å². The van der Waals surface area contributed by atoms with Gasteiger partial charge in [0.15, 0.2) is 6.10 Å². The maximum Gasteiger partial charge on any atom is 0.344 e. The number of carboxylic acid groups (broad SMARTS) is 1. The van der Waals surface area contributed by atoms with Crippen LogP contribution in [0.5, 0.6) is 5.75 Å². The number of aliphatic carboxylic acids is 1. The number of carboxylic acids is 1. The Hall–Kier alpha value is -2.52. The highest BCUT2D eigenvalue weighted by molar-refractivity contribution is 9.10. The minimum absolute atomic E-state index is 0.00293. The summed E-state index contributed by atoms with van der Waals surface area (Å²) in [7, 11) is 0. The van der Waals surface area contributed by atoms with E-state index < -0.39 is 12.1 Å². The van der Waals surface area contributed by atoms with Crippen molar-refractivity contribution in [2.75, 3.05) is 0 Å². The Kier molecular flexibility index (Phi) is 7.27. The fourth-order valence-corrected chi connectivity index (χ4v) is 3.61. The number of halogens is 2. The lowest BCUT2D eigenvalue weighted by molar-refractivity contribution is -0.144. The molecule has 9 heteroatoms. The Bertz CT molecular complexity index is 1220. The van der Waals surface area contributed by atoms with Crippen LogP contribution in [0.2, 0.25) is 0 Å². The normalized spacial score (nSPS) is 13.5. The fraction of sp³-hybridized carbons (Fsp3) is 0.273. The molecule has 2 aromatic carbocycles.